The molecule has 0 aromatic carbocycles. The number of hydrogen-bond donors (Lipinski definition) is 2. The van der Waals surface area contributed by atoms with E-state index in [9.17, 15) is 18.0 Å². The van der Waals surface area contributed by atoms with Crippen molar-refractivity contribution in [3.8, 4) is 0 Å². The molecule has 0 aliphatic rings. The van der Waals surface area contributed by atoms with Crippen molar-refractivity contribution in [1.82, 2.24) is 9.78 Å². The van der Waals surface area contributed by atoms with Crippen LogP contribution in [0.15, 0.2) is 6.07 Å². The summed E-state index contributed by atoms with van der Waals surface area (Å²) >= 11 is 0. The third-order valence-corrected chi connectivity index (χ3v) is 1.38. The highest BCUT2D eigenvalue weighted by atomic mass is 19.4. The largest absolute Gasteiger partial charge is 0.408 e. The van der Waals surface area contributed by atoms with E-state index in [1.54, 1.807) is 0 Å². The molecule has 1 amide bonds. The first-order valence-corrected chi connectivity index (χ1v) is 3.49. The van der Waals surface area contributed by atoms with Crippen LogP contribution in [0.1, 0.15) is 10.5 Å². The van der Waals surface area contributed by atoms with Gasteiger partial charge in [-0.15, -0.1) is 0 Å². The summed E-state index contributed by atoms with van der Waals surface area (Å²) in [6.07, 6.45) is -4.47. The van der Waals surface area contributed by atoms with E-state index in [2.05, 4.69) is 5.10 Å². The summed E-state index contributed by atoms with van der Waals surface area (Å²) in [5, 5.41) is 3.29. The fourth-order valence-electron chi connectivity index (χ4n) is 0.925. The number of amides is 1. The van der Waals surface area contributed by atoms with E-state index in [0.717, 1.165) is 6.07 Å². The topological polar surface area (TPSA) is 86.9 Å². The van der Waals surface area contributed by atoms with Crippen LogP contribution in [-0.2, 0) is 6.54 Å². The van der Waals surface area contributed by atoms with Gasteiger partial charge in [-0.2, -0.15) is 18.3 Å². The Morgan fingerprint density at radius 1 is 1.57 bits per heavy atom. The number of hydrogen-bond acceptors (Lipinski definition) is 3. The van der Waals surface area contributed by atoms with Crippen molar-refractivity contribution in [3.63, 3.8) is 0 Å². The second-order valence-corrected chi connectivity index (χ2v) is 2.59. The minimum atomic E-state index is -4.47. The Morgan fingerprint density at radius 3 is 2.57 bits per heavy atom. The molecule has 1 heterocycles. The highest BCUT2D eigenvalue weighted by Gasteiger charge is 2.30. The molecule has 1 aromatic rings. The number of anilines is 1. The Hall–Kier alpha value is -1.73. The smallest absolute Gasteiger partial charge is 0.382 e. The highest BCUT2D eigenvalue weighted by Crippen LogP contribution is 2.18. The Morgan fingerprint density at radius 2 is 2.14 bits per heavy atom. The van der Waals surface area contributed by atoms with Crippen LogP contribution in [0.5, 0.6) is 0 Å². The minimum absolute atomic E-state index is 0.178. The van der Waals surface area contributed by atoms with Crippen LogP contribution in [0.4, 0.5) is 19.0 Å². The maximum absolute atomic E-state index is 11.9. The predicted octanol–water partition coefficient (Wildman–Crippen LogP) is 0.126. The van der Waals surface area contributed by atoms with E-state index in [-0.39, 0.29) is 11.5 Å². The zero-order valence-electron chi connectivity index (χ0n) is 6.88. The Kier molecular flexibility index (Phi) is 2.37. The van der Waals surface area contributed by atoms with Crippen molar-refractivity contribution in [3.05, 3.63) is 11.8 Å². The molecule has 0 aliphatic heterocycles. The summed E-state index contributed by atoms with van der Waals surface area (Å²) in [4.78, 5) is 10.7. The number of primary amides is 1. The number of aromatic nitrogens is 2. The van der Waals surface area contributed by atoms with Gasteiger partial charge in [-0.05, 0) is 0 Å². The van der Waals surface area contributed by atoms with Gasteiger partial charge in [-0.1, -0.05) is 0 Å². The molecule has 8 heteroatoms. The van der Waals surface area contributed by atoms with E-state index in [4.69, 9.17) is 11.5 Å². The average Bonchev–Trinajstić information content (AvgIpc) is 2.27. The van der Waals surface area contributed by atoms with Crippen molar-refractivity contribution < 1.29 is 18.0 Å². The van der Waals surface area contributed by atoms with Crippen molar-refractivity contribution in [2.24, 2.45) is 5.73 Å². The number of alkyl halides is 3. The second-order valence-electron chi connectivity index (χ2n) is 2.59. The minimum Gasteiger partial charge on any atom is -0.382 e. The SMILES string of the molecule is NC(=O)c1cc(N)nn1CC(F)(F)F. The molecule has 5 nitrogen and oxygen atoms in total. The van der Waals surface area contributed by atoms with Crippen LogP contribution >= 0.6 is 0 Å². The van der Waals surface area contributed by atoms with E-state index in [1.165, 1.54) is 0 Å². The Balaban J connectivity index is 3.02. The fraction of sp³-hybridized carbons (Fsp3) is 0.333. The summed E-state index contributed by atoms with van der Waals surface area (Å²) in [7, 11) is 0. The van der Waals surface area contributed by atoms with Crippen LogP contribution in [-0.4, -0.2) is 21.9 Å². The van der Waals surface area contributed by atoms with Crippen LogP contribution in [0.2, 0.25) is 0 Å². The molecule has 14 heavy (non-hydrogen) atoms. The molecule has 1 aromatic heterocycles. The number of carbonyl (C=O) groups is 1. The van der Waals surface area contributed by atoms with Gasteiger partial charge in [0.2, 0.25) is 0 Å². The summed E-state index contributed by atoms with van der Waals surface area (Å²) in [5.41, 5.74) is 9.59. The molecule has 0 bridgehead atoms. The normalized spacial score (nSPS) is 11.6. The number of nitrogen functional groups attached to an aromatic ring is 1. The number of nitrogens with zero attached hydrogens (tertiary/aromatic N) is 2. The lowest BCUT2D eigenvalue weighted by Gasteiger charge is -2.07. The molecule has 0 unspecified atom stereocenters. The van der Waals surface area contributed by atoms with Crippen molar-refractivity contribution in [1.29, 1.82) is 0 Å². The second kappa shape index (κ2) is 3.20. The molecule has 1 rings (SSSR count). The van der Waals surface area contributed by atoms with Crippen LogP contribution in [0.3, 0.4) is 0 Å². The van der Waals surface area contributed by atoms with Crippen molar-refractivity contribution in [2.45, 2.75) is 12.7 Å². The molecule has 0 saturated heterocycles. The van der Waals surface area contributed by atoms with Crippen molar-refractivity contribution >= 4 is 11.7 Å². The predicted molar refractivity (Wildman–Crippen MR) is 41.2 cm³/mol. The average molecular weight is 208 g/mol. The molecule has 4 N–H and O–H groups in total. The summed E-state index contributed by atoms with van der Waals surface area (Å²) in [6.45, 7) is -1.39. The molecule has 0 fully saturated rings. The van der Waals surface area contributed by atoms with Gasteiger partial charge in [-0.25, -0.2) is 4.68 Å². The maximum atomic E-state index is 11.9. The van der Waals surface area contributed by atoms with E-state index in [0.29, 0.717) is 4.68 Å². The van der Waals surface area contributed by atoms with Gasteiger partial charge in [0.05, 0.1) is 0 Å². The van der Waals surface area contributed by atoms with Gasteiger partial charge >= 0.3 is 6.18 Å². The third-order valence-electron chi connectivity index (χ3n) is 1.38. The number of nitrogens with two attached hydrogens (primary N) is 2. The standard InChI is InChI=1S/C6H7F3N4O/c7-6(8,9)2-13-3(5(11)14)1-4(10)12-13/h1H,2H2,(H2,10,12)(H2,11,14). The molecular formula is C6H7F3N4O. The number of carbonyl (C=O) groups excluding carboxylic acids is 1. The molecule has 0 atom stereocenters. The molecule has 78 valence electrons. The lowest BCUT2D eigenvalue weighted by molar-refractivity contribution is -0.142. The maximum Gasteiger partial charge on any atom is 0.408 e. The van der Waals surface area contributed by atoms with Crippen molar-refractivity contribution in [2.75, 3.05) is 5.73 Å². The quantitative estimate of drug-likeness (QED) is 0.723. The molecular weight excluding hydrogens is 201 g/mol. The molecule has 0 spiro atoms. The molecule has 0 aliphatic carbocycles. The van der Waals surface area contributed by atoms with Gasteiger partial charge < -0.3 is 11.5 Å². The monoisotopic (exact) mass is 208 g/mol. The van der Waals surface area contributed by atoms with E-state index in [1.807, 2.05) is 0 Å². The summed E-state index contributed by atoms with van der Waals surface area (Å²) < 4.78 is 36.2. The molecule has 0 radical (unpaired) electrons. The lowest BCUT2D eigenvalue weighted by atomic mass is 10.4. The molecule has 0 saturated carbocycles. The lowest BCUT2D eigenvalue weighted by Crippen LogP contribution is -2.24. The van der Waals surface area contributed by atoms with Gasteiger partial charge in [0.1, 0.15) is 18.1 Å². The fourth-order valence-corrected chi connectivity index (χ4v) is 0.925. The van der Waals surface area contributed by atoms with Gasteiger partial charge in [0.15, 0.2) is 0 Å². The highest BCUT2D eigenvalue weighted by molar-refractivity contribution is 5.91. The Labute approximate surface area is 76.5 Å². The summed E-state index contributed by atoms with van der Waals surface area (Å²) in [6, 6.07) is 0.994. The summed E-state index contributed by atoms with van der Waals surface area (Å²) in [5.74, 6) is -1.18. The number of rotatable bonds is 2. The first kappa shape index (κ1) is 10.4. The third kappa shape index (κ3) is 2.38. The Bertz CT molecular complexity index is 356. The van der Waals surface area contributed by atoms with E-state index >= 15 is 0 Å². The number of halogens is 3. The van der Waals surface area contributed by atoms with Crippen LogP contribution < -0.4 is 11.5 Å². The van der Waals surface area contributed by atoms with Gasteiger partial charge in [0, 0.05) is 6.07 Å². The van der Waals surface area contributed by atoms with Gasteiger partial charge in [0.25, 0.3) is 5.91 Å². The first-order chi connectivity index (χ1) is 6.29. The van der Waals surface area contributed by atoms with Gasteiger partial charge in [-0.3, -0.25) is 4.79 Å². The first-order valence-electron chi connectivity index (χ1n) is 3.49. The van der Waals surface area contributed by atoms with E-state index < -0.39 is 18.6 Å². The zero-order valence-corrected chi connectivity index (χ0v) is 6.88. The van der Waals surface area contributed by atoms with Crippen LogP contribution in [0, 0.1) is 0 Å². The van der Waals surface area contributed by atoms with Crippen LogP contribution in [0.25, 0.3) is 0 Å². The zero-order chi connectivity index (χ0) is 10.9.